The first-order valence-electron chi connectivity index (χ1n) is 8.43. The summed E-state index contributed by atoms with van der Waals surface area (Å²) >= 11 is 0. The molecule has 0 fully saturated rings. The first-order valence-corrected chi connectivity index (χ1v) is 8.43. The Bertz CT molecular complexity index is 868. The van der Waals surface area contributed by atoms with Crippen LogP contribution in [0.25, 0.3) is 0 Å². The van der Waals surface area contributed by atoms with Crippen molar-refractivity contribution in [1.82, 2.24) is 14.7 Å². The molecule has 0 saturated heterocycles. The fourth-order valence-electron chi connectivity index (χ4n) is 2.97. The predicted molar refractivity (Wildman–Crippen MR) is 99.1 cm³/mol. The lowest BCUT2D eigenvalue weighted by Crippen LogP contribution is -2.31. The lowest BCUT2D eigenvalue weighted by atomic mass is 10.1. The Morgan fingerprint density at radius 2 is 1.68 bits per heavy atom. The normalized spacial score (nSPS) is 10.7. The minimum absolute atomic E-state index is 0.00444. The van der Waals surface area contributed by atoms with E-state index < -0.39 is 0 Å². The third-order valence-corrected chi connectivity index (χ3v) is 4.35. The van der Waals surface area contributed by atoms with E-state index in [4.69, 9.17) is 0 Å². The molecule has 1 heterocycles. The van der Waals surface area contributed by atoms with Crippen LogP contribution in [0.3, 0.4) is 0 Å². The van der Waals surface area contributed by atoms with Gasteiger partial charge in [-0.05, 0) is 36.6 Å². The predicted octanol–water partition coefficient (Wildman–Crippen LogP) is 3.88. The standard InChI is InChI=1S/C21H23N3O/c1-16-9-7-8-12-19(16)15-24(14-18-10-5-4-6-11-18)21(25)20-13-17(2)22-23(20)3/h4-13H,14-15H2,1-3H3. The summed E-state index contributed by atoms with van der Waals surface area (Å²) < 4.78 is 1.66. The highest BCUT2D eigenvalue weighted by atomic mass is 16.2. The number of amides is 1. The zero-order valence-corrected chi connectivity index (χ0v) is 14.9. The van der Waals surface area contributed by atoms with Crippen LogP contribution < -0.4 is 0 Å². The number of hydrogen-bond donors (Lipinski definition) is 0. The summed E-state index contributed by atoms with van der Waals surface area (Å²) in [6.45, 7) is 5.12. The number of carbonyl (C=O) groups excluding carboxylic acids is 1. The molecule has 0 aliphatic rings. The van der Waals surface area contributed by atoms with Gasteiger partial charge in [0.15, 0.2) is 0 Å². The quantitative estimate of drug-likeness (QED) is 0.711. The maximum atomic E-state index is 13.2. The van der Waals surface area contributed by atoms with Gasteiger partial charge in [0.2, 0.25) is 0 Å². The Labute approximate surface area is 148 Å². The maximum absolute atomic E-state index is 13.2. The first-order chi connectivity index (χ1) is 12.0. The van der Waals surface area contributed by atoms with Gasteiger partial charge in [-0.25, -0.2) is 0 Å². The van der Waals surface area contributed by atoms with Crippen molar-refractivity contribution in [2.45, 2.75) is 26.9 Å². The number of carbonyl (C=O) groups is 1. The van der Waals surface area contributed by atoms with Crippen molar-refractivity contribution in [3.63, 3.8) is 0 Å². The van der Waals surface area contributed by atoms with Gasteiger partial charge in [-0.2, -0.15) is 5.10 Å². The van der Waals surface area contributed by atoms with Crippen molar-refractivity contribution in [1.29, 1.82) is 0 Å². The second-order valence-electron chi connectivity index (χ2n) is 6.37. The molecule has 1 aromatic heterocycles. The van der Waals surface area contributed by atoms with E-state index in [-0.39, 0.29) is 5.91 Å². The van der Waals surface area contributed by atoms with Gasteiger partial charge in [-0.1, -0.05) is 54.6 Å². The highest BCUT2D eigenvalue weighted by molar-refractivity contribution is 5.92. The molecule has 4 heteroatoms. The molecule has 1 amide bonds. The zero-order chi connectivity index (χ0) is 17.8. The average Bonchev–Trinajstić information content (AvgIpc) is 2.95. The van der Waals surface area contributed by atoms with E-state index in [9.17, 15) is 4.79 Å². The number of benzene rings is 2. The van der Waals surface area contributed by atoms with Crippen LogP contribution in [-0.4, -0.2) is 20.6 Å². The Morgan fingerprint density at radius 1 is 1.00 bits per heavy atom. The Kier molecular flexibility index (Phi) is 4.98. The minimum Gasteiger partial charge on any atom is -0.329 e. The third kappa shape index (κ3) is 3.97. The monoisotopic (exact) mass is 333 g/mol. The lowest BCUT2D eigenvalue weighted by Gasteiger charge is -2.24. The molecule has 25 heavy (non-hydrogen) atoms. The number of hydrogen-bond acceptors (Lipinski definition) is 2. The fourth-order valence-corrected chi connectivity index (χ4v) is 2.97. The molecule has 4 nitrogen and oxygen atoms in total. The van der Waals surface area contributed by atoms with E-state index in [0.29, 0.717) is 18.8 Å². The largest absolute Gasteiger partial charge is 0.329 e. The van der Waals surface area contributed by atoms with Gasteiger partial charge in [0.25, 0.3) is 5.91 Å². The number of aryl methyl sites for hydroxylation is 3. The zero-order valence-electron chi connectivity index (χ0n) is 14.9. The molecule has 0 spiro atoms. The first kappa shape index (κ1) is 17.0. The van der Waals surface area contributed by atoms with Crippen LogP contribution in [0.5, 0.6) is 0 Å². The average molecular weight is 333 g/mol. The second-order valence-corrected chi connectivity index (χ2v) is 6.37. The molecule has 128 valence electrons. The summed E-state index contributed by atoms with van der Waals surface area (Å²) in [6, 6.07) is 20.1. The van der Waals surface area contributed by atoms with Crippen LogP contribution in [0.4, 0.5) is 0 Å². The summed E-state index contributed by atoms with van der Waals surface area (Å²) in [4.78, 5) is 15.0. The molecule has 3 aromatic rings. The summed E-state index contributed by atoms with van der Waals surface area (Å²) in [6.07, 6.45) is 0. The van der Waals surface area contributed by atoms with E-state index in [1.54, 1.807) is 4.68 Å². The van der Waals surface area contributed by atoms with E-state index in [1.807, 2.05) is 67.4 Å². The van der Waals surface area contributed by atoms with Crippen LogP contribution in [0.1, 0.15) is 32.9 Å². The second kappa shape index (κ2) is 7.34. The minimum atomic E-state index is -0.00444. The van der Waals surface area contributed by atoms with Crippen LogP contribution in [-0.2, 0) is 20.1 Å². The van der Waals surface area contributed by atoms with E-state index in [0.717, 1.165) is 16.8 Å². The van der Waals surface area contributed by atoms with Gasteiger partial charge >= 0.3 is 0 Å². The molecule has 0 radical (unpaired) electrons. The molecule has 3 rings (SSSR count). The Morgan fingerprint density at radius 3 is 2.32 bits per heavy atom. The van der Waals surface area contributed by atoms with Crippen LogP contribution in [0, 0.1) is 13.8 Å². The SMILES string of the molecule is Cc1cc(C(=O)N(Cc2ccccc2)Cc2ccccc2C)n(C)n1. The molecule has 0 bridgehead atoms. The third-order valence-electron chi connectivity index (χ3n) is 4.35. The summed E-state index contributed by atoms with van der Waals surface area (Å²) in [7, 11) is 1.81. The molecule has 0 N–H and O–H groups in total. The number of nitrogens with zero attached hydrogens (tertiary/aromatic N) is 3. The van der Waals surface area contributed by atoms with Crippen LogP contribution >= 0.6 is 0 Å². The van der Waals surface area contributed by atoms with Crippen molar-refractivity contribution < 1.29 is 4.79 Å². The topological polar surface area (TPSA) is 38.1 Å². The van der Waals surface area contributed by atoms with E-state index >= 15 is 0 Å². The molecule has 2 aromatic carbocycles. The molecule has 0 atom stereocenters. The smallest absolute Gasteiger partial charge is 0.272 e. The highest BCUT2D eigenvalue weighted by Crippen LogP contribution is 2.17. The molecular weight excluding hydrogens is 310 g/mol. The highest BCUT2D eigenvalue weighted by Gasteiger charge is 2.20. The van der Waals surface area contributed by atoms with E-state index in [2.05, 4.69) is 24.2 Å². The molecule has 0 unspecified atom stereocenters. The van der Waals surface area contributed by atoms with Crippen molar-refractivity contribution in [2.75, 3.05) is 0 Å². The fraction of sp³-hybridized carbons (Fsp3) is 0.238. The molecule has 0 aliphatic heterocycles. The van der Waals surface area contributed by atoms with Gasteiger partial charge in [-0.3, -0.25) is 9.48 Å². The molecule has 0 aliphatic carbocycles. The van der Waals surface area contributed by atoms with Gasteiger partial charge in [0, 0.05) is 20.1 Å². The van der Waals surface area contributed by atoms with Gasteiger partial charge in [-0.15, -0.1) is 0 Å². The summed E-state index contributed by atoms with van der Waals surface area (Å²) in [5, 5.41) is 4.32. The van der Waals surface area contributed by atoms with Gasteiger partial charge in [0.1, 0.15) is 5.69 Å². The van der Waals surface area contributed by atoms with Crippen molar-refractivity contribution >= 4 is 5.91 Å². The maximum Gasteiger partial charge on any atom is 0.272 e. The van der Waals surface area contributed by atoms with Crippen molar-refractivity contribution in [3.05, 3.63) is 88.7 Å². The van der Waals surface area contributed by atoms with E-state index in [1.165, 1.54) is 5.56 Å². The van der Waals surface area contributed by atoms with Crippen molar-refractivity contribution in [2.24, 2.45) is 7.05 Å². The lowest BCUT2D eigenvalue weighted by molar-refractivity contribution is 0.0718. The molecular formula is C21H23N3O. The Balaban J connectivity index is 1.92. The number of aromatic nitrogens is 2. The van der Waals surface area contributed by atoms with Crippen molar-refractivity contribution in [3.8, 4) is 0 Å². The summed E-state index contributed by atoms with van der Waals surface area (Å²) in [5.74, 6) is -0.00444. The van der Waals surface area contributed by atoms with Crippen LogP contribution in [0.15, 0.2) is 60.7 Å². The summed E-state index contributed by atoms with van der Waals surface area (Å²) in [5.41, 5.74) is 4.92. The number of rotatable bonds is 5. The Hall–Kier alpha value is -2.88. The molecule has 0 saturated carbocycles. The van der Waals surface area contributed by atoms with Crippen LogP contribution in [0.2, 0.25) is 0 Å². The van der Waals surface area contributed by atoms with Gasteiger partial charge < -0.3 is 4.90 Å². The van der Waals surface area contributed by atoms with Gasteiger partial charge in [0.05, 0.1) is 5.69 Å².